The third kappa shape index (κ3) is 4.29. The van der Waals surface area contributed by atoms with Crippen molar-refractivity contribution >= 4 is 11.6 Å². The number of aromatic nitrogens is 1. The molecule has 0 unspecified atom stereocenters. The molecule has 5 nitrogen and oxygen atoms in total. The number of benzene rings is 1. The lowest BCUT2D eigenvalue weighted by atomic mass is 10.1. The number of likely N-dealkylation sites (tertiary alicyclic amines) is 1. The van der Waals surface area contributed by atoms with Crippen molar-refractivity contribution in [3.63, 3.8) is 0 Å². The summed E-state index contributed by atoms with van der Waals surface area (Å²) in [5.74, 6) is 0.466. The Bertz CT molecular complexity index is 635. The Morgan fingerprint density at radius 2 is 1.91 bits per heavy atom. The molecule has 1 aromatic carbocycles. The van der Waals surface area contributed by atoms with Gasteiger partial charge in [0, 0.05) is 24.7 Å². The van der Waals surface area contributed by atoms with Crippen LogP contribution >= 0.6 is 0 Å². The lowest BCUT2D eigenvalue weighted by molar-refractivity contribution is 0.102. The Morgan fingerprint density at radius 1 is 1.17 bits per heavy atom. The van der Waals surface area contributed by atoms with E-state index in [4.69, 9.17) is 4.74 Å². The van der Waals surface area contributed by atoms with Crippen LogP contribution < -0.4 is 10.1 Å². The number of nitrogens with zero attached hydrogens (tertiary/aromatic N) is 2. The molecule has 1 saturated heterocycles. The maximum atomic E-state index is 12.1. The maximum Gasteiger partial charge on any atom is 0.255 e. The molecule has 0 radical (unpaired) electrons. The number of carbonyl (C=O) groups is 1. The van der Waals surface area contributed by atoms with Crippen molar-refractivity contribution < 1.29 is 9.53 Å². The molecular weight excluding hydrogens is 290 g/mol. The van der Waals surface area contributed by atoms with E-state index < -0.39 is 0 Å². The number of amides is 1. The zero-order valence-electron chi connectivity index (χ0n) is 13.2. The molecular formula is C18H21N3O2. The van der Waals surface area contributed by atoms with Gasteiger partial charge in [0.05, 0.1) is 11.9 Å². The van der Waals surface area contributed by atoms with Crippen LogP contribution in [-0.4, -0.2) is 42.0 Å². The molecule has 23 heavy (non-hydrogen) atoms. The van der Waals surface area contributed by atoms with Crippen molar-refractivity contribution in [1.29, 1.82) is 0 Å². The lowest BCUT2D eigenvalue weighted by Crippen LogP contribution is -2.35. The van der Waals surface area contributed by atoms with E-state index in [-0.39, 0.29) is 12.0 Å². The van der Waals surface area contributed by atoms with E-state index in [1.54, 1.807) is 24.4 Å². The third-order valence-electron chi connectivity index (χ3n) is 3.98. The summed E-state index contributed by atoms with van der Waals surface area (Å²) in [5.41, 5.74) is 1.29. The van der Waals surface area contributed by atoms with Crippen LogP contribution in [0.25, 0.3) is 0 Å². The molecule has 1 N–H and O–H groups in total. The minimum atomic E-state index is -0.142. The van der Waals surface area contributed by atoms with E-state index in [9.17, 15) is 4.79 Å². The monoisotopic (exact) mass is 311 g/mol. The van der Waals surface area contributed by atoms with Crippen LogP contribution in [0, 0.1) is 0 Å². The van der Waals surface area contributed by atoms with Gasteiger partial charge in [0.25, 0.3) is 5.91 Å². The highest BCUT2D eigenvalue weighted by Crippen LogP contribution is 2.18. The Hall–Kier alpha value is -2.40. The first kappa shape index (κ1) is 15.5. The van der Waals surface area contributed by atoms with Crippen LogP contribution in [0.2, 0.25) is 0 Å². The molecule has 2 aromatic rings. The number of piperidine rings is 1. The zero-order chi connectivity index (χ0) is 16.1. The summed E-state index contributed by atoms with van der Waals surface area (Å²) in [6, 6.07) is 12.7. The highest BCUT2D eigenvalue weighted by atomic mass is 16.5. The molecule has 1 fully saturated rings. The van der Waals surface area contributed by atoms with E-state index >= 15 is 0 Å². The fourth-order valence-corrected chi connectivity index (χ4v) is 2.59. The summed E-state index contributed by atoms with van der Waals surface area (Å²) in [5, 5.41) is 2.83. The third-order valence-corrected chi connectivity index (χ3v) is 3.98. The minimum Gasteiger partial charge on any atom is -0.474 e. The van der Waals surface area contributed by atoms with Crippen molar-refractivity contribution in [3.05, 3.63) is 54.2 Å². The highest BCUT2D eigenvalue weighted by Gasteiger charge is 2.18. The summed E-state index contributed by atoms with van der Waals surface area (Å²) in [6.45, 7) is 2.10. The second kappa shape index (κ2) is 7.24. The van der Waals surface area contributed by atoms with Crippen molar-refractivity contribution in [2.75, 3.05) is 25.5 Å². The van der Waals surface area contributed by atoms with Crippen molar-refractivity contribution in [2.24, 2.45) is 0 Å². The Balaban J connectivity index is 1.56. The van der Waals surface area contributed by atoms with Crippen molar-refractivity contribution in [2.45, 2.75) is 18.9 Å². The first-order chi connectivity index (χ1) is 11.2. The average Bonchev–Trinajstić information content (AvgIpc) is 2.59. The maximum absolute atomic E-state index is 12.1. The first-order valence-electron chi connectivity index (χ1n) is 7.88. The fraction of sp³-hybridized carbons (Fsp3) is 0.333. The molecule has 1 aliphatic heterocycles. The Morgan fingerprint density at radius 3 is 2.57 bits per heavy atom. The molecule has 0 atom stereocenters. The van der Waals surface area contributed by atoms with E-state index in [1.807, 2.05) is 24.3 Å². The predicted octanol–water partition coefficient (Wildman–Crippen LogP) is 2.81. The van der Waals surface area contributed by atoms with Crippen molar-refractivity contribution in [1.82, 2.24) is 9.88 Å². The molecule has 1 amide bonds. The number of ether oxygens (including phenoxy) is 1. The lowest BCUT2D eigenvalue weighted by Gasteiger charge is -2.28. The first-order valence-corrected chi connectivity index (χ1v) is 7.88. The predicted molar refractivity (Wildman–Crippen MR) is 89.8 cm³/mol. The standard InChI is InChI=1S/C18H21N3O2/c1-21-11-9-16(10-12-21)23-17-8-7-15(13-19-17)20-18(22)14-5-3-2-4-6-14/h2-8,13,16H,9-12H2,1H3,(H,20,22). The molecule has 0 bridgehead atoms. The molecule has 0 saturated carbocycles. The van der Waals surface area contributed by atoms with Gasteiger partial charge in [-0.05, 0) is 38.1 Å². The number of anilines is 1. The summed E-state index contributed by atoms with van der Waals surface area (Å²) < 4.78 is 5.90. The molecule has 5 heteroatoms. The second-order valence-electron chi connectivity index (χ2n) is 5.83. The number of nitrogens with one attached hydrogen (secondary N) is 1. The number of carbonyl (C=O) groups excluding carboxylic acids is 1. The van der Waals surface area contributed by atoms with E-state index in [1.165, 1.54) is 0 Å². The molecule has 1 aromatic heterocycles. The van der Waals surface area contributed by atoms with Crippen LogP contribution in [0.3, 0.4) is 0 Å². The Labute approximate surface area is 136 Å². The van der Waals surface area contributed by atoms with Gasteiger partial charge in [0.1, 0.15) is 6.10 Å². The van der Waals surface area contributed by atoms with Crippen LogP contribution in [0.15, 0.2) is 48.7 Å². The molecule has 1 aliphatic rings. The van der Waals surface area contributed by atoms with Gasteiger partial charge >= 0.3 is 0 Å². The molecule has 3 rings (SSSR count). The molecule has 2 heterocycles. The van der Waals surface area contributed by atoms with Gasteiger partial charge in [0.2, 0.25) is 5.88 Å². The number of hydrogen-bond donors (Lipinski definition) is 1. The van der Waals surface area contributed by atoms with Gasteiger partial charge in [-0.2, -0.15) is 0 Å². The Kier molecular flexibility index (Phi) is 4.88. The summed E-state index contributed by atoms with van der Waals surface area (Å²) in [6.07, 6.45) is 3.89. The van der Waals surface area contributed by atoms with Gasteiger partial charge in [-0.25, -0.2) is 4.98 Å². The van der Waals surface area contributed by atoms with E-state index in [0.717, 1.165) is 25.9 Å². The minimum absolute atomic E-state index is 0.142. The van der Waals surface area contributed by atoms with Crippen molar-refractivity contribution in [3.8, 4) is 5.88 Å². The van der Waals surface area contributed by atoms with Crippen LogP contribution in [0.1, 0.15) is 23.2 Å². The zero-order valence-corrected chi connectivity index (χ0v) is 13.2. The quantitative estimate of drug-likeness (QED) is 0.943. The molecule has 120 valence electrons. The summed E-state index contributed by atoms with van der Waals surface area (Å²) >= 11 is 0. The average molecular weight is 311 g/mol. The van der Waals surface area contributed by atoms with Gasteiger partial charge in [-0.15, -0.1) is 0 Å². The van der Waals surface area contributed by atoms with E-state index in [0.29, 0.717) is 17.1 Å². The van der Waals surface area contributed by atoms with Crippen LogP contribution in [0.4, 0.5) is 5.69 Å². The van der Waals surface area contributed by atoms with Gasteiger partial charge < -0.3 is 15.0 Å². The molecule has 0 aliphatic carbocycles. The van der Waals surface area contributed by atoms with Gasteiger partial charge in [-0.3, -0.25) is 4.79 Å². The highest BCUT2D eigenvalue weighted by molar-refractivity contribution is 6.04. The van der Waals surface area contributed by atoms with Crippen LogP contribution in [0.5, 0.6) is 5.88 Å². The largest absolute Gasteiger partial charge is 0.474 e. The summed E-state index contributed by atoms with van der Waals surface area (Å²) in [7, 11) is 2.12. The SMILES string of the molecule is CN1CCC(Oc2ccc(NC(=O)c3ccccc3)cn2)CC1. The topological polar surface area (TPSA) is 54.5 Å². The van der Waals surface area contributed by atoms with Gasteiger partial charge in [-0.1, -0.05) is 18.2 Å². The summed E-state index contributed by atoms with van der Waals surface area (Å²) in [4.78, 5) is 18.7. The fourth-order valence-electron chi connectivity index (χ4n) is 2.59. The van der Waals surface area contributed by atoms with Gasteiger partial charge in [0.15, 0.2) is 0 Å². The number of pyridine rings is 1. The number of hydrogen-bond acceptors (Lipinski definition) is 4. The molecule has 0 spiro atoms. The number of rotatable bonds is 4. The normalized spacial score (nSPS) is 16.0. The van der Waals surface area contributed by atoms with E-state index in [2.05, 4.69) is 22.2 Å². The van der Waals surface area contributed by atoms with Crippen LogP contribution in [-0.2, 0) is 0 Å². The second-order valence-corrected chi connectivity index (χ2v) is 5.83. The smallest absolute Gasteiger partial charge is 0.255 e.